The Bertz CT molecular complexity index is 228. The normalized spacial score (nSPS) is 26.6. The maximum atomic E-state index is 5.24. The minimum atomic E-state index is 0.663. The molecule has 1 aliphatic carbocycles. The molecule has 2 N–H and O–H groups in total. The maximum Gasteiger partial charge on any atom is 0.166 e. The lowest BCUT2D eigenvalue weighted by Crippen LogP contribution is -2.44. The number of hydrogen-bond acceptors (Lipinski definition) is 2. The van der Waals surface area contributed by atoms with E-state index in [-0.39, 0.29) is 0 Å². The van der Waals surface area contributed by atoms with E-state index in [9.17, 15) is 0 Å². The number of nitrogens with one attached hydrogen (secondary N) is 2. The van der Waals surface area contributed by atoms with Gasteiger partial charge in [-0.25, -0.2) is 0 Å². The van der Waals surface area contributed by atoms with Crippen LogP contribution in [0, 0.1) is 0 Å². The van der Waals surface area contributed by atoms with Gasteiger partial charge in [0.2, 0.25) is 0 Å². The van der Waals surface area contributed by atoms with Crippen LogP contribution in [0.15, 0.2) is 0 Å². The van der Waals surface area contributed by atoms with E-state index in [0.29, 0.717) is 12.1 Å². The van der Waals surface area contributed by atoms with E-state index >= 15 is 0 Å². The number of nitrogens with zero attached hydrogens (tertiary/aromatic N) is 1. The van der Waals surface area contributed by atoms with E-state index in [1.807, 2.05) is 0 Å². The average Bonchev–Trinajstić information content (AvgIpc) is 2.92. The smallest absolute Gasteiger partial charge is 0.166 e. The topological polar surface area (TPSA) is 27.3 Å². The van der Waals surface area contributed by atoms with Gasteiger partial charge in [-0.1, -0.05) is 6.92 Å². The van der Waals surface area contributed by atoms with Gasteiger partial charge in [0.1, 0.15) is 0 Å². The molecule has 1 saturated carbocycles. The van der Waals surface area contributed by atoms with E-state index in [1.54, 1.807) is 0 Å². The minimum absolute atomic E-state index is 0.663. The van der Waals surface area contributed by atoms with E-state index in [0.717, 1.165) is 18.2 Å². The van der Waals surface area contributed by atoms with Crippen molar-refractivity contribution in [3.63, 3.8) is 0 Å². The molecule has 0 spiro atoms. The first-order valence-corrected chi connectivity index (χ1v) is 6.49. The van der Waals surface area contributed by atoms with E-state index < -0.39 is 0 Å². The fourth-order valence-corrected chi connectivity index (χ4v) is 2.47. The van der Waals surface area contributed by atoms with Crippen LogP contribution in [0.25, 0.3) is 0 Å². The molecule has 2 fully saturated rings. The fraction of sp³-hybridized carbons (Fsp3) is 0.909. The van der Waals surface area contributed by atoms with Crippen molar-refractivity contribution >= 4 is 17.3 Å². The molecule has 0 aromatic heterocycles. The Balaban J connectivity index is 1.65. The molecule has 1 saturated heterocycles. The van der Waals surface area contributed by atoms with Crippen LogP contribution in [0.1, 0.15) is 32.6 Å². The largest absolute Gasteiger partial charge is 0.361 e. The molecule has 3 nitrogen and oxygen atoms in total. The van der Waals surface area contributed by atoms with Gasteiger partial charge in [-0.3, -0.25) is 4.90 Å². The first-order valence-electron chi connectivity index (χ1n) is 6.08. The molecule has 1 atom stereocenters. The van der Waals surface area contributed by atoms with Crippen molar-refractivity contribution in [2.24, 2.45) is 0 Å². The van der Waals surface area contributed by atoms with E-state index in [1.165, 1.54) is 32.2 Å². The Morgan fingerprint density at radius 1 is 1.40 bits per heavy atom. The summed E-state index contributed by atoms with van der Waals surface area (Å²) < 4.78 is 0. The summed E-state index contributed by atoms with van der Waals surface area (Å²) in [5, 5.41) is 7.50. The van der Waals surface area contributed by atoms with Crippen LogP contribution in [-0.2, 0) is 0 Å². The average molecular weight is 227 g/mol. The van der Waals surface area contributed by atoms with Gasteiger partial charge >= 0.3 is 0 Å². The number of rotatable bonds is 4. The van der Waals surface area contributed by atoms with Crippen molar-refractivity contribution in [2.45, 2.75) is 44.7 Å². The molecule has 0 aromatic rings. The molecular formula is C11H21N3S. The summed E-state index contributed by atoms with van der Waals surface area (Å²) >= 11 is 5.24. The fourth-order valence-electron chi connectivity index (χ4n) is 2.22. The van der Waals surface area contributed by atoms with Gasteiger partial charge < -0.3 is 10.6 Å². The Morgan fingerprint density at radius 3 is 2.87 bits per heavy atom. The van der Waals surface area contributed by atoms with Crippen LogP contribution < -0.4 is 10.6 Å². The Hall–Kier alpha value is -0.350. The van der Waals surface area contributed by atoms with Gasteiger partial charge in [0.05, 0.1) is 0 Å². The van der Waals surface area contributed by atoms with Gasteiger partial charge in [0, 0.05) is 18.6 Å². The predicted octanol–water partition coefficient (Wildman–Crippen LogP) is 1.10. The Morgan fingerprint density at radius 2 is 2.20 bits per heavy atom. The molecule has 0 radical (unpaired) electrons. The molecule has 2 aliphatic rings. The second-order valence-corrected chi connectivity index (χ2v) is 4.96. The molecule has 1 aliphatic heterocycles. The maximum absolute atomic E-state index is 5.24. The molecule has 1 unspecified atom stereocenters. The molecule has 0 bridgehead atoms. The Kier molecular flexibility index (Phi) is 3.81. The molecule has 0 amide bonds. The minimum Gasteiger partial charge on any atom is -0.361 e. The van der Waals surface area contributed by atoms with Crippen molar-refractivity contribution in [1.82, 2.24) is 15.5 Å². The highest BCUT2D eigenvalue weighted by molar-refractivity contribution is 7.80. The van der Waals surface area contributed by atoms with Gasteiger partial charge in [-0.15, -0.1) is 0 Å². The summed E-state index contributed by atoms with van der Waals surface area (Å²) in [5.41, 5.74) is 0. The van der Waals surface area contributed by atoms with Crippen LogP contribution in [0.4, 0.5) is 0 Å². The lowest BCUT2D eigenvalue weighted by molar-refractivity contribution is 0.267. The summed E-state index contributed by atoms with van der Waals surface area (Å²) in [6.07, 6.45) is 5.22. The molecule has 0 aromatic carbocycles. The zero-order valence-corrected chi connectivity index (χ0v) is 10.3. The van der Waals surface area contributed by atoms with Crippen molar-refractivity contribution in [3.8, 4) is 0 Å². The van der Waals surface area contributed by atoms with Gasteiger partial charge in [0.15, 0.2) is 5.11 Å². The lowest BCUT2D eigenvalue weighted by atomic mass is 10.2. The van der Waals surface area contributed by atoms with Crippen molar-refractivity contribution in [2.75, 3.05) is 19.6 Å². The SMILES string of the molecule is CCN1CCCC1CNC(=S)NC1CC1. The standard InChI is InChI=1S/C11H21N3S/c1-2-14-7-3-4-10(14)8-12-11(15)13-9-5-6-9/h9-10H,2-8H2,1H3,(H2,12,13,15). The van der Waals surface area contributed by atoms with Gasteiger partial charge in [-0.2, -0.15) is 0 Å². The molecule has 1 heterocycles. The second kappa shape index (κ2) is 5.12. The van der Waals surface area contributed by atoms with Crippen LogP contribution >= 0.6 is 12.2 Å². The first kappa shape index (κ1) is 11.1. The number of hydrogen-bond donors (Lipinski definition) is 2. The van der Waals surface area contributed by atoms with Gasteiger partial charge in [0.25, 0.3) is 0 Å². The molecule has 15 heavy (non-hydrogen) atoms. The first-order chi connectivity index (χ1) is 7.29. The predicted molar refractivity (Wildman–Crippen MR) is 67.0 cm³/mol. The summed E-state index contributed by atoms with van der Waals surface area (Å²) in [4.78, 5) is 2.53. The van der Waals surface area contributed by atoms with Crippen molar-refractivity contribution < 1.29 is 0 Å². The lowest BCUT2D eigenvalue weighted by Gasteiger charge is -2.23. The van der Waals surface area contributed by atoms with Gasteiger partial charge in [-0.05, 0) is 51.0 Å². The molecule has 2 rings (SSSR count). The highest BCUT2D eigenvalue weighted by Crippen LogP contribution is 2.18. The van der Waals surface area contributed by atoms with Crippen LogP contribution in [0.5, 0.6) is 0 Å². The molecular weight excluding hydrogens is 206 g/mol. The monoisotopic (exact) mass is 227 g/mol. The van der Waals surface area contributed by atoms with Crippen LogP contribution in [-0.4, -0.2) is 41.7 Å². The second-order valence-electron chi connectivity index (χ2n) is 4.55. The third kappa shape index (κ3) is 3.31. The quantitative estimate of drug-likeness (QED) is 0.703. The summed E-state index contributed by atoms with van der Waals surface area (Å²) in [7, 11) is 0. The van der Waals surface area contributed by atoms with E-state index in [2.05, 4.69) is 22.5 Å². The number of likely N-dealkylation sites (N-methyl/N-ethyl adjacent to an activating group) is 1. The summed E-state index contributed by atoms with van der Waals surface area (Å²) in [6.45, 7) is 5.66. The van der Waals surface area contributed by atoms with E-state index in [4.69, 9.17) is 12.2 Å². The Labute approximate surface area is 97.6 Å². The summed E-state index contributed by atoms with van der Waals surface area (Å²) in [5.74, 6) is 0. The van der Waals surface area contributed by atoms with Crippen LogP contribution in [0.2, 0.25) is 0 Å². The zero-order valence-electron chi connectivity index (χ0n) is 9.46. The molecule has 4 heteroatoms. The van der Waals surface area contributed by atoms with Crippen molar-refractivity contribution in [1.29, 1.82) is 0 Å². The van der Waals surface area contributed by atoms with Crippen LogP contribution in [0.3, 0.4) is 0 Å². The zero-order chi connectivity index (χ0) is 10.7. The van der Waals surface area contributed by atoms with Crippen molar-refractivity contribution in [3.05, 3.63) is 0 Å². The number of thiocarbonyl (C=S) groups is 1. The third-order valence-corrected chi connectivity index (χ3v) is 3.58. The highest BCUT2D eigenvalue weighted by atomic mass is 32.1. The highest BCUT2D eigenvalue weighted by Gasteiger charge is 2.24. The summed E-state index contributed by atoms with van der Waals surface area (Å²) in [6, 6.07) is 1.35. The number of likely N-dealkylation sites (tertiary alicyclic amines) is 1. The molecule has 86 valence electrons. The third-order valence-electron chi connectivity index (χ3n) is 3.32.